The number of carbonyl (C=O) groups excluding carboxylic acids is 2. The van der Waals surface area contributed by atoms with Crippen LogP contribution >= 0.6 is 0 Å². The van der Waals surface area contributed by atoms with Crippen molar-refractivity contribution in [1.29, 1.82) is 0 Å². The number of hydrogen-bond acceptors (Lipinski definition) is 4. The molecule has 1 aliphatic carbocycles. The lowest BCUT2D eigenvalue weighted by atomic mass is 9.83. The highest BCUT2D eigenvalue weighted by atomic mass is 16.3. The molecule has 0 spiro atoms. The van der Waals surface area contributed by atoms with E-state index in [-0.39, 0.29) is 23.6 Å². The molecule has 0 amide bonds. The highest BCUT2D eigenvalue weighted by Crippen LogP contribution is 2.32. The van der Waals surface area contributed by atoms with E-state index in [2.05, 4.69) is 5.32 Å². The number of benzene rings is 2. The number of anilines is 1. The summed E-state index contributed by atoms with van der Waals surface area (Å²) in [5.74, 6) is -0.264. The van der Waals surface area contributed by atoms with Crippen LogP contribution in [0.1, 0.15) is 45.7 Å². The third kappa shape index (κ3) is 2.66. The minimum atomic E-state index is -0.317. The van der Waals surface area contributed by atoms with Gasteiger partial charge in [-0.05, 0) is 6.07 Å². The van der Waals surface area contributed by atoms with Gasteiger partial charge in [0.05, 0.1) is 5.56 Å². The average Bonchev–Trinajstić information content (AvgIpc) is 2.57. The van der Waals surface area contributed by atoms with Crippen molar-refractivity contribution in [2.24, 2.45) is 5.41 Å². The van der Waals surface area contributed by atoms with E-state index < -0.39 is 0 Å². The van der Waals surface area contributed by atoms with Crippen molar-refractivity contribution in [2.75, 3.05) is 18.5 Å². The molecular weight excluding hydrogens is 290 g/mol. The molecule has 23 heavy (non-hydrogen) atoms. The minimum absolute atomic E-state index is 0.0325. The zero-order chi connectivity index (χ0) is 16.6. The van der Waals surface area contributed by atoms with Crippen molar-refractivity contribution in [2.45, 2.75) is 13.8 Å². The van der Waals surface area contributed by atoms with Crippen LogP contribution in [0.5, 0.6) is 0 Å². The Hall–Kier alpha value is -2.46. The number of fused-ring (bicyclic) bond motifs is 2. The summed E-state index contributed by atoms with van der Waals surface area (Å²) in [6, 6.07) is 12.2. The van der Waals surface area contributed by atoms with Gasteiger partial charge in [-0.25, -0.2) is 0 Å². The van der Waals surface area contributed by atoms with Gasteiger partial charge in [-0.1, -0.05) is 50.2 Å². The molecule has 0 saturated heterocycles. The van der Waals surface area contributed by atoms with Crippen LogP contribution in [0.3, 0.4) is 0 Å². The van der Waals surface area contributed by atoms with Gasteiger partial charge in [0.25, 0.3) is 0 Å². The van der Waals surface area contributed by atoms with Crippen LogP contribution in [0, 0.1) is 5.41 Å². The third-order valence-electron chi connectivity index (χ3n) is 4.14. The molecule has 0 radical (unpaired) electrons. The molecule has 0 atom stereocenters. The van der Waals surface area contributed by atoms with Gasteiger partial charge in [-0.15, -0.1) is 0 Å². The topological polar surface area (TPSA) is 66.4 Å². The normalized spacial score (nSPS) is 13.5. The first-order valence-electron chi connectivity index (χ1n) is 7.61. The summed E-state index contributed by atoms with van der Waals surface area (Å²) in [6.07, 6.45) is 0. The number of nitrogens with one attached hydrogen (secondary N) is 1. The highest BCUT2D eigenvalue weighted by Gasteiger charge is 2.31. The van der Waals surface area contributed by atoms with Crippen LogP contribution in [0.25, 0.3) is 0 Å². The monoisotopic (exact) mass is 309 g/mol. The van der Waals surface area contributed by atoms with Crippen molar-refractivity contribution in [3.05, 3.63) is 64.7 Å². The van der Waals surface area contributed by atoms with Gasteiger partial charge >= 0.3 is 0 Å². The summed E-state index contributed by atoms with van der Waals surface area (Å²) in [5.41, 5.74) is 2.07. The molecule has 0 bridgehead atoms. The van der Waals surface area contributed by atoms with Crippen LogP contribution < -0.4 is 5.32 Å². The van der Waals surface area contributed by atoms with Gasteiger partial charge in [0.1, 0.15) is 0 Å². The fourth-order valence-corrected chi connectivity index (χ4v) is 2.68. The van der Waals surface area contributed by atoms with Crippen LogP contribution in [-0.2, 0) is 0 Å². The Morgan fingerprint density at radius 1 is 0.913 bits per heavy atom. The van der Waals surface area contributed by atoms with Gasteiger partial charge in [0.2, 0.25) is 0 Å². The number of rotatable bonds is 4. The molecule has 4 heteroatoms. The largest absolute Gasteiger partial charge is 0.396 e. The molecule has 0 fully saturated rings. The number of carbonyl (C=O) groups is 2. The smallest absolute Gasteiger partial charge is 0.196 e. The molecule has 0 saturated carbocycles. The summed E-state index contributed by atoms with van der Waals surface area (Å²) in [6.45, 7) is 4.39. The Kier molecular flexibility index (Phi) is 3.78. The molecule has 0 aliphatic heterocycles. The zero-order valence-corrected chi connectivity index (χ0v) is 13.2. The molecule has 1 aliphatic rings. The van der Waals surface area contributed by atoms with E-state index in [4.69, 9.17) is 0 Å². The molecule has 4 nitrogen and oxygen atoms in total. The van der Waals surface area contributed by atoms with E-state index in [1.54, 1.807) is 42.5 Å². The number of ketones is 2. The second kappa shape index (κ2) is 5.63. The number of aliphatic hydroxyl groups excluding tert-OH is 1. The second-order valence-electron chi connectivity index (χ2n) is 6.61. The van der Waals surface area contributed by atoms with E-state index in [1.807, 2.05) is 13.8 Å². The van der Waals surface area contributed by atoms with Gasteiger partial charge < -0.3 is 10.4 Å². The molecule has 2 N–H and O–H groups in total. The maximum atomic E-state index is 12.8. The molecule has 118 valence electrons. The van der Waals surface area contributed by atoms with Crippen molar-refractivity contribution in [3.8, 4) is 0 Å². The first kappa shape index (κ1) is 15.4. The predicted molar refractivity (Wildman–Crippen MR) is 89.1 cm³/mol. The van der Waals surface area contributed by atoms with Crippen molar-refractivity contribution in [1.82, 2.24) is 0 Å². The lowest BCUT2D eigenvalue weighted by molar-refractivity contribution is 0.0979. The maximum Gasteiger partial charge on any atom is 0.196 e. The fraction of sp³-hybridized carbons (Fsp3) is 0.263. The van der Waals surface area contributed by atoms with Crippen LogP contribution in [0.4, 0.5) is 5.69 Å². The van der Waals surface area contributed by atoms with Crippen molar-refractivity contribution in [3.63, 3.8) is 0 Å². The molecule has 0 unspecified atom stereocenters. The van der Waals surface area contributed by atoms with E-state index in [9.17, 15) is 14.7 Å². The van der Waals surface area contributed by atoms with Crippen LogP contribution in [-0.4, -0.2) is 29.8 Å². The van der Waals surface area contributed by atoms with Crippen molar-refractivity contribution < 1.29 is 14.7 Å². The van der Waals surface area contributed by atoms with E-state index >= 15 is 0 Å². The first-order valence-corrected chi connectivity index (χ1v) is 7.61. The Morgan fingerprint density at radius 2 is 1.52 bits per heavy atom. The summed E-state index contributed by atoms with van der Waals surface area (Å²) in [7, 11) is 0. The molecule has 2 aromatic rings. The van der Waals surface area contributed by atoms with Gasteiger partial charge in [0, 0.05) is 40.9 Å². The first-order chi connectivity index (χ1) is 10.9. The third-order valence-corrected chi connectivity index (χ3v) is 4.14. The zero-order valence-electron chi connectivity index (χ0n) is 13.2. The fourth-order valence-electron chi connectivity index (χ4n) is 2.68. The molecule has 0 heterocycles. The summed E-state index contributed by atoms with van der Waals surface area (Å²) < 4.78 is 0. The summed E-state index contributed by atoms with van der Waals surface area (Å²) in [4.78, 5) is 25.5. The van der Waals surface area contributed by atoms with Gasteiger partial charge in [-0.3, -0.25) is 9.59 Å². The van der Waals surface area contributed by atoms with Crippen molar-refractivity contribution >= 4 is 17.3 Å². The van der Waals surface area contributed by atoms with E-state index in [1.165, 1.54) is 0 Å². The SMILES string of the molecule is CC(C)(CO)CNc1cccc2c1C(=O)c1ccccc1C2=O. The maximum absolute atomic E-state index is 12.8. The predicted octanol–water partition coefficient (Wildman–Crippen LogP) is 2.89. The Bertz CT molecular complexity index is 793. The standard InChI is InChI=1S/C19H19NO3/c1-19(2,11-21)10-20-15-9-5-8-14-16(15)18(23)13-7-4-3-6-12(13)17(14)22/h3-9,20-21H,10-11H2,1-2H3. The molecular formula is C19H19NO3. The van der Waals surface area contributed by atoms with Gasteiger partial charge in [-0.2, -0.15) is 0 Å². The summed E-state index contributed by atoms with van der Waals surface area (Å²) >= 11 is 0. The molecule has 2 aromatic carbocycles. The Labute approximate surface area is 135 Å². The Morgan fingerprint density at radius 3 is 2.17 bits per heavy atom. The number of hydrogen-bond donors (Lipinski definition) is 2. The van der Waals surface area contributed by atoms with Crippen LogP contribution in [0.15, 0.2) is 42.5 Å². The quantitative estimate of drug-likeness (QED) is 0.777. The van der Waals surface area contributed by atoms with E-state index in [0.717, 1.165) is 0 Å². The second-order valence-corrected chi connectivity index (χ2v) is 6.61. The molecule has 3 rings (SSSR count). The van der Waals surface area contributed by atoms with E-state index in [0.29, 0.717) is 34.5 Å². The lowest BCUT2D eigenvalue weighted by Gasteiger charge is -2.25. The highest BCUT2D eigenvalue weighted by molar-refractivity contribution is 6.30. The van der Waals surface area contributed by atoms with Crippen LogP contribution in [0.2, 0.25) is 0 Å². The lowest BCUT2D eigenvalue weighted by Crippen LogP contribution is -2.28. The van der Waals surface area contributed by atoms with Gasteiger partial charge in [0.15, 0.2) is 11.6 Å². The minimum Gasteiger partial charge on any atom is -0.396 e. The number of aliphatic hydroxyl groups is 1. The summed E-state index contributed by atoms with van der Waals surface area (Å²) in [5, 5.41) is 12.6. The Balaban J connectivity index is 2.04. The average molecular weight is 309 g/mol. The molecule has 0 aromatic heterocycles.